The van der Waals surface area contributed by atoms with Crippen LogP contribution in [0.25, 0.3) is 0 Å². The van der Waals surface area contributed by atoms with Crippen LogP contribution in [0.2, 0.25) is 0 Å². The minimum Gasteiger partial charge on any atom is -0.356 e. The lowest BCUT2D eigenvalue weighted by Crippen LogP contribution is -2.40. The highest BCUT2D eigenvalue weighted by atomic mass is 16.2. The maximum Gasteiger partial charge on any atom is 0.223 e. The Morgan fingerprint density at radius 3 is 2.55 bits per heavy atom. The average Bonchev–Trinajstić information content (AvgIpc) is 3.27. The number of hydrogen-bond donors (Lipinski definition) is 3. The van der Waals surface area contributed by atoms with Crippen molar-refractivity contribution in [2.45, 2.75) is 57.4 Å². The molecule has 0 spiro atoms. The van der Waals surface area contributed by atoms with Gasteiger partial charge >= 0.3 is 0 Å². The van der Waals surface area contributed by atoms with Crippen LogP contribution in [-0.4, -0.2) is 30.9 Å². The third-order valence-corrected chi connectivity index (χ3v) is 4.37. The van der Waals surface area contributed by atoms with Crippen LogP contribution in [0, 0.1) is 11.8 Å². The molecule has 5 nitrogen and oxygen atoms in total. The van der Waals surface area contributed by atoms with Gasteiger partial charge in [0.25, 0.3) is 0 Å². The summed E-state index contributed by atoms with van der Waals surface area (Å²) in [6.07, 6.45) is 7.78. The van der Waals surface area contributed by atoms with Gasteiger partial charge < -0.3 is 16.4 Å². The van der Waals surface area contributed by atoms with Crippen LogP contribution in [0.3, 0.4) is 0 Å². The molecule has 0 bridgehead atoms. The first-order valence-electron chi connectivity index (χ1n) is 7.98. The van der Waals surface area contributed by atoms with Gasteiger partial charge in [0.1, 0.15) is 0 Å². The molecule has 2 aliphatic rings. The summed E-state index contributed by atoms with van der Waals surface area (Å²) in [7, 11) is 0. The second-order valence-electron chi connectivity index (χ2n) is 6.12. The predicted octanol–water partition coefficient (Wildman–Crippen LogP) is 0.927. The molecule has 0 radical (unpaired) electrons. The summed E-state index contributed by atoms with van der Waals surface area (Å²) in [5.74, 6) is 0.651. The minimum atomic E-state index is 0.0778. The van der Waals surface area contributed by atoms with E-state index in [2.05, 4.69) is 10.6 Å². The fourth-order valence-electron chi connectivity index (χ4n) is 2.95. The Bertz CT molecular complexity index is 342. The Balaban J connectivity index is 1.59. The first-order chi connectivity index (χ1) is 9.70. The van der Waals surface area contributed by atoms with Crippen molar-refractivity contribution in [1.29, 1.82) is 0 Å². The molecular formula is C15H27N3O2. The van der Waals surface area contributed by atoms with Crippen LogP contribution in [0.4, 0.5) is 0 Å². The Kier molecular flexibility index (Phi) is 5.83. The van der Waals surface area contributed by atoms with Gasteiger partial charge in [-0.2, -0.15) is 0 Å². The van der Waals surface area contributed by atoms with E-state index in [0.717, 1.165) is 32.1 Å². The second-order valence-corrected chi connectivity index (χ2v) is 6.12. The summed E-state index contributed by atoms with van der Waals surface area (Å²) in [6.45, 7) is 1.19. The lowest BCUT2D eigenvalue weighted by molar-refractivity contribution is -0.128. The topological polar surface area (TPSA) is 84.2 Å². The van der Waals surface area contributed by atoms with Crippen molar-refractivity contribution in [2.24, 2.45) is 17.6 Å². The van der Waals surface area contributed by atoms with Crippen LogP contribution in [0.5, 0.6) is 0 Å². The zero-order valence-electron chi connectivity index (χ0n) is 12.2. The van der Waals surface area contributed by atoms with Crippen molar-refractivity contribution < 1.29 is 9.59 Å². The lowest BCUT2D eigenvalue weighted by Gasteiger charge is -2.29. The van der Waals surface area contributed by atoms with Crippen LogP contribution in [0.15, 0.2) is 0 Å². The minimum absolute atomic E-state index is 0.0778. The van der Waals surface area contributed by atoms with Crippen molar-refractivity contribution >= 4 is 11.8 Å². The van der Waals surface area contributed by atoms with Crippen molar-refractivity contribution in [1.82, 2.24) is 10.6 Å². The summed E-state index contributed by atoms with van der Waals surface area (Å²) in [5, 5.41) is 5.92. The van der Waals surface area contributed by atoms with Crippen LogP contribution in [-0.2, 0) is 9.59 Å². The normalized spacial score (nSPS) is 26.1. The molecule has 0 heterocycles. The summed E-state index contributed by atoms with van der Waals surface area (Å²) in [6, 6.07) is 0.421. The number of carbonyl (C=O) groups is 2. The van der Waals surface area contributed by atoms with E-state index >= 15 is 0 Å². The summed E-state index contributed by atoms with van der Waals surface area (Å²) >= 11 is 0. The number of nitrogens with one attached hydrogen (secondary N) is 2. The molecule has 20 heavy (non-hydrogen) atoms. The number of rotatable bonds is 7. The molecule has 0 saturated heterocycles. The Labute approximate surface area is 121 Å². The molecule has 0 aromatic rings. The highest BCUT2D eigenvalue weighted by molar-refractivity contribution is 5.79. The molecule has 2 atom stereocenters. The molecule has 2 amide bonds. The van der Waals surface area contributed by atoms with E-state index in [1.165, 1.54) is 6.42 Å². The Hall–Kier alpha value is -1.10. The standard InChI is InChI=1S/C15H27N3O2/c16-10-11-4-1-2-5-13(11)15(20)17-9-3-6-14(19)18-12-7-8-12/h11-13H,1-10,16H2,(H,17,20)(H,18,19). The van der Waals surface area contributed by atoms with E-state index in [1.54, 1.807) is 0 Å². The molecule has 0 aromatic carbocycles. The molecule has 114 valence electrons. The van der Waals surface area contributed by atoms with Gasteiger partial charge in [-0.3, -0.25) is 9.59 Å². The zero-order valence-corrected chi connectivity index (χ0v) is 12.2. The van der Waals surface area contributed by atoms with E-state index in [1.807, 2.05) is 0 Å². The SMILES string of the molecule is NCC1CCCCC1C(=O)NCCCC(=O)NC1CC1. The van der Waals surface area contributed by atoms with E-state index in [9.17, 15) is 9.59 Å². The molecule has 0 aromatic heterocycles. The number of hydrogen-bond acceptors (Lipinski definition) is 3. The van der Waals surface area contributed by atoms with Gasteiger partial charge in [-0.25, -0.2) is 0 Å². The van der Waals surface area contributed by atoms with Gasteiger partial charge in [0.05, 0.1) is 0 Å². The Morgan fingerprint density at radius 1 is 1.10 bits per heavy atom. The van der Waals surface area contributed by atoms with E-state index in [4.69, 9.17) is 5.73 Å². The van der Waals surface area contributed by atoms with Crippen LogP contribution < -0.4 is 16.4 Å². The molecular weight excluding hydrogens is 254 g/mol. The van der Waals surface area contributed by atoms with Gasteiger partial charge in [-0.05, 0) is 44.6 Å². The highest BCUT2D eigenvalue weighted by Crippen LogP contribution is 2.29. The van der Waals surface area contributed by atoms with Crippen LogP contribution in [0.1, 0.15) is 51.4 Å². The average molecular weight is 281 g/mol. The number of carbonyl (C=O) groups excluding carboxylic acids is 2. The van der Waals surface area contributed by atoms with Crippen molar-refractivity contribution in [3.05, 3.63) is 0 Å². The maximum atomic E-state index is 12.1. The fraction of sp³-hybridized carbons (Fsp3) is 0.867. The van der Waals surface area contributed by atoms with Gasteiger partial charge in [0.15, 0.2) is 0 Å². The lowest BCUT2D eigenvalue weighted by atomic mass is 9.79. The quantitative estimate of drug-likeness (QED) is 0.607. The molecule has 2 rings (SSSR count). The number of nitrogens with two attached hydrogens (primary N) is 1. The Morgan fingerprint density at radius 2 is 1.85 bits per heavy atom. The second kappa shape index (κ2) is 7.62. The van der Waals surface area contributed by atoms with Crippen molar-refractivity contribution in [3.8, 4) is 0 Å². The van der Waals surface area contributed by atoms with E-state index in [0.29, 0.717) is 37.9 Å². The van der Waals surface area contributed by atoms with Crippen molar-refractivity contribution in [3.63, 3.8) is 0 Å². The largest absolute Gasteiger partial charge is 0.356 e. The molecule has 0 aliphatic heterocycles. The summed E-state index contributed by atoms with van der Waals surface area (Å²) < 4.78 is 0. The summed E-state index contributed by atoms with van der Waals surface area (Å²) in [4.78, 5) is 23.6. The van der Waals surface area contributed by atoms with Gasteiger partial charge in [0.2, 0.25) is 11.8 Å². The van der Waals surface area contributed by atoms with E-state index in [-0.39, 0.29) is 17.7 Å². The highest BCUT2D eigenvalue weighted by Gasteiger charge is 2.29. The van der Waals surface area contributed by atoms with Crippen molar-refractivity contribution in [2.75, 3.05) is 13.1 Å². The molecule has 5 heteroatoms. The third-order valence-electron chi connectivity index (χ3n) is 4.37. The molecule has 4 N–H and O–H groups in total. The molecule has 2 saturated carbocycles. The van der Waals surface area contributed by atoms with Gasteiger partial charge in [-0.15, -0.1) is 0 Å². The fourth-order valence-corrected chi connectivity index (χ4v) is 2.95. The zero-order chi connectivity index (χ0) is 14.4. The number of amides is 2. The molecule has 2 aliphatic carbocycles. The third kappa shape index (κ3) is 4.78. The molecule has 2 fully saturated rings. The van der Waals surface area contributed by atoms with Gasteiger partial charge in [0, 0.05) is 24.9 Å². The van der Waals surface area contributed by atoms with Gasteiger partial charge in [-0.1, -0.05) is 12.8 Å². The first-order valence-corrected chi connectivity index (χ1v) is 7.98. The maximum absolute atomic E-state index is 12.1. The molecule has 2 unspecified atom stereocenters. The first kappa shape index (κ1) is 15.3. The predicted molar refractivity (Wildman–Crippen MR) is 77.9 cm³/mol. The van der Waals surface area contributed by atoms with E-state index < -0.39 is 0 Å². The van der Waals surface area contributed by atoms with Crippen LogP contribution >= 0.6 is 0 Å². The smallest absolute Gasteiger partial charge is 0.223 e. The summed E-state index contributed by atoms with van der Waals surface area (Å²) in [5.41, 5.74) is 5.75. The monoisotopic (exact) mass is 281 g/mol.